The lowest BCUT2D eigenvalue weighted by atomic mass is 10.0. The normalized spacial score (nSPS) is 36.0. The summed E-state index contributed by atoms with van der Waals surface area (Å²) < 4.78 is 4.96. The molecule has 2 fully saturated rings. The molecule has 0 radical (unpaired) electrons. The van der Waals surface area contributed by atoms with Crippen LogP contribution in [0.15, 0.2) is 0 Å². The van der Waals surface area contributed by atoms with Crippen molar-refractivity contribution in [3.8, 4) is 0 Å². The Morgan fingerprint density at radius 3 is 2.86 bits per heavy atom. The van der Waals surface area contributed by atoms with Crippen LogP contribution in [0, 0.1) is 5.92 Å². The number of esters is 1. The zero-order valence-corrected chi connectivity index (χ0v) is 8.61. The van der Waals surface area contributed by atoms with E-state index in [-0.39, 0.29) is 18.1 Å². The Morgan fingerprint density at radius 2 is 2.36 bits per heavy atom. The molecule has 0 spiro atoms. The summed E-state index contributed by atoms with van der Waals surface area (Å²) in [7, 11) is 0. The highest BCUT2D eigenvalue weighted by Crippen LogP contribution is 2.24. The number of hydrogen-bond acceptors (Lipinski definition) is 4. The third kappa shape index (κ3) is 1.77. The molecule has 0 bridgehead atoms. The molecule has 2 heterocycles. The molecule has 0 aromatic rings. The maximum atomic E-state index is 11.3. The number of hydrogen-bond donors (Lipinski definition) is 1. The molecule has 0 aromatic carbocycles. The molecular formula is C10H18N2O2. The molecule has 0 aromatic heterocycles. The highest BCUT2D eigenvalue weighted by Gasteiger charge is 2.37. The summed E-state index contributed by atoms with van der Waals surface area (Å²) in [5.41, 5.74) is 5.85. The van der Waals surface area contributed by atoms with Crippen molar-refractivity contribution in [3.63, 3.8) is 0 Å². The van der Waals surface area contributed by atoms with Gasteiger partial charge < -0.3 is 10.5 Å². The van der Waals surface area contributed by atoms with Gasteiger partial charge in [-0.1, -0.05) is 0 Å². The zero-order chi connectivity index (χ0) is 10.1. The number of carbonyl (C=O) groups is 1. The molecule has 80 valence electrons. The molecule has 0 aliphatic carbocycles. The van der Waals surface area contributed by atoms with E-state index in [4.69, 9.17) is 10.5 Å². The molecule has 3 unspecified atom stereocenters. The SMILES string of the molecule is CC(N)C1CCN(C2CCOC2=O)C1. The highest BCUT2D eigenvalue weighted by molar-refractivity contribution is 5.77. The molecule has 2 aliphatic rings. The van der Waals surface area contributed by atoms with Gasteiger partial charge in [-0.15, -0.1) is 0 Å². The fraction of sp³-hybridized carbons (Fsp3) is 0.900. The fourth-order valence-corrected chi connectivity index (χ4v) is 2.34. The van der Waals surface area contributed by atoms with E-state index in [2.05, 4.69) is 4.90 Å². The maximum absolute atomic E-state index is 11.3. The van der Waals surface area contributed by atoms with Crippen LogP contribution in [-0.2, 0) is 9.53 Å². The first kappa shape index (κ1) is 9.93. The smallest absolute Gasteiger partial charge is 0.323 e. The van der Waals surface area contributed by atoms with E-state index >= 15 is 0 Å². The van der Waals surface area contributed by atoms with Gasteiger partial charge in [0.15, 0.2) is 0 Å². The molecule has 3 atom stereocenters. The van der Waals surface area contributed by atoms with Crippen LogP contribution in [0.4, 0.5) is 0 Å². The quantitative estimate of drug-likeness (QED) is 0.633. The number of nitrogens with zero attached hydrogens (tertiary/aromatic N) is 1. The topological polar surface area (TPSA) is 55.6 Å². The van der Waals surface area contributed by atoms with Crippen molar-refractivity contribution in [2.45, 2.75) is 31.8 Å². The third-order valence-electron chi connectivity index (χ3n) is 3.35. The van der Waals surface area contributed by atoms with Crippen LogP contribution in [-0.4, -0.2) is 42.6 Å². The summed E-state index contributed by atoms with van der Waals surface area (Å²) in [4.78, 5) is 13.6. The molecule has 14 heavy (non-hydrogen) atoms. The molecule has 0 amide bonds. The minimum atomic E-state index is -0.0460. The lowest BCUT2D eigenvalue weighted by Gasteiger charge is -2.21. The average Bonchev–Trinajstić information content (AvgIpc) is 2.71. The summed E-state index contributed by atoms with van der Waals surface area (Å²) in [6, 6.07) is 0.246. The first-order valence-corrected chi connectivity index (χ1v) is 5.35. The second kappa shape index (κ2) is 3.87. The monoisotopic (exact) mass is 198 g/mol. The predicted molar refractivity (Wildman–Crippen MR) is 52.7 cm³/mol. The Morgan fingerprint density at radius 1 is 1.57 bits per heavy atom. The van der Waals surface area contributed by atoms with Gasteiger partial charge in [0.2, 0.25) is 0 Å². The van der Waals surface area contributed by atoms with Gasteiger partial charge in [0.1, 0.15) is 6.04 Å². The van der Waals surface area contributed by atoms with Crippen LogP contribution in [0.1, 0.15) is 19.8 Å². The molecular weight excluding hydrogens is 180 g/mol. The summed E-state index contributed by atoms with van der Waals surface area (Å²) >= 11 is 0. The minimum absolute atomic E-state index is 0.0127. The maximum Gasteiger partial charge on any atom is 0.323 e. The van der Waals surface area contributed by atoms with Crippen LogP contribution < -0.4 is 5.73 Å². The number of rotatable bonds is 2. The van der Waals surface area contributed by atoms with Gasteiger partial charge in [0.05, 0.1) is 6.61 Å². The molecule has 4 nitrogen and oxygen atoms in total. The zero-order valence-electron chi connectivity index (χ0n) is 8.61. The Hall–Kier alpha value is -0.610. The van der Waals surface area contributed by atoms with Gasteiger partial charge >= 0.3 is 5.97 Å². The van der Waals surface area contributed by atoms with Gasteiger partial charge in [0, 0.05) is 19.0 Å². The first-order chi connectivity index (χ1) is 6.68. The summed E-state index contributed by atoms with van der Waals surface area (Å²) in [5, 5.41) is 0. The van der Waals surface area contributed by atoms with Crippen LogP contribution in [0.3, 0.4) is 0 Å². The van der Waals surface area contributed by atoms with E-state index in [1.165, 1.54) is 0 Å². The Balaban J connectivity index is 1.92. The Bertz CT molecular complexity index is 230. The summed E-state index contributed by atoms with van der Waals surface area (Å²) in [6.45, 7) is 4.58. The first-order valence-electron chi connectivity index (χ1n) is 5.35. The standard InChI is InChI=1S/C10H18N2O2/c1-7(11)8-2-4-12(6-8)9-3-5-14-10(9)13/h7-9H,2-6,11H2,1H3. The number of ether oxygens (including phenoxy) is 1. The second-order valence-electron chi connectivity index (χ2n) is 4.37. The Kier molecular flexibility index (Phi) is 2.74. The van der Waals surface area contributed by atoms with E-state index in [9.17, 15) is 4.79 Å². The van der Waals surface area contributed by atoms with Crippen molar-refractivity contribution >= 4 is 5.97 Å². The van der Waals surface area contributed by atoms with Crippen molar-refractivity contribution in [2.24, 2.45) is 11.7 Å². The fourth-order valence-electron chi connectivity index (χ4n) is 2.34. The molecule has 2 aliphatic heterocycles. The minimum Gasteiger partial charge on any atom is -0.464 e. The van der Waals surface area contributed by atoms with E-state index in [0.717, 1.165) is 25.9 Å². The highest BCUT2D eigenvalue weighted by atomic mass is 16.5. The van der Waals surface area contributed by atoms with E-state index in [1.54, 1.807) is 0 Å². The number of likely N-dealkylation sites (tertiary alicyclic amines) is 1. The van der Waals surface area contributed by atoms with Crippen LogP contribution in [0.25, 0.3) is 0 Å². The van der Waals surface area contributed by atoms with E-state index in [1.807, 2.05) is 6.92 Å². The third-order valence-corrected chi connectivity index (χ3v) is 3.35. The van der Waals surface area contributed by atoms with Gasteiger partial charge in [-0.2, -0.15) is 0 Å². The van der Waals surface area contributed by atoms with Crippen LogP contribution in [0.5, 0.6) is 0 Å². The average molecular weight is 198 g/mol. The molecule has 4 heteroatoms. The molecule has 2 saturated heterocycles. The lowest BCUT2D eigenvalue weighted by molar-refractivity contribution is -0.142. The molecule has 0 saturated carbocycles. The molecule has 2 rings (SSSR count). The number of nitrogens with two attached hydrogens (primary N) is 1. The molecule has 2 N–H and O–H groups in total. The van der Waals surface area contributed by atoms with Crippen molar-refractivity contribution in [2.75, 3.05) is 19.7 Å². The Labute approximate surface area is 84.4 Å². The predicted octanol–water partition coefficient (Wildman–Crippen LogP) is -0.0290. The van der Waals surface area contributed by atoms with E-state index < -0.39 is 0 Å². The van der Waals surface area contributed by atoms with Gasteiger partial charge in [0.25, 0.3) is 0 Å². The van der Waals surface area contributed by atoms with Crippen molar-refractivity contribution in [3.05, 3.63) is 0 Å². The van der Waals surface area contributed by atoms with Gasteiger partial charge in [-0.3, -0.25) is 9.69 Å². The van der Waals surface area contributed by atoms with Crippen LogP contribution >= 0.6 is 0 Å². The summed E-state index contributed by atoms with van der Waals surface area (Å²) in [6.07, 6.45) is 1.96. The van der Waals surface area contributed by atoms with Crippen LogP contribution in [0.2, 0.25) is 0 Å². The second-order valence-corrected chi connectivity index (χ2v) is 4.37. The van der Waals surface area contributed by atoms with Gasteiger partial charge in [-0.25, -0.2) is 0 Å². The number of carbonyl (C=O) groups excluding carboxylic acids is 1. The largest absolute Gasteiger partial charge is 0.464 e. The van der Waals surface area contributed by atoms with Crippen molar-refractivity contribution in [1.82, 2.24) is 4.90 Å². The summed E-state index contributed by atoms with van der Waals surface area (Å²) in [5.74, 6) is 0.499. The number of cyclic esters (lactones) is 1. The van der Waals surface area contributed by atoms with Crippen molar-refractivity contribution in [1.29, 1.82) is 0 Å². The van der Waals surface area contributed by atoms with E-state index in [0.29, 0.717) is 12.5 Å². The van der Waals surface area contributed by atoms with Crippen molar-refractivity contribution < 1.29 is 9.53 Å². The van der Waals surface area contributed by atoms with Gasteiger partial charge in [-0.05, 0) is 25.8 Å². The lowest BCUT2D eigenvalue weighted by Crippen LogP contribution is -2.38.